The average Bonchev–Trinajstić information content (AvgIpc) is 2.84. The van der Waals surface area contributed by atoms with E-state index in [2.05, 4.69) is 24.9 Å². The van der Waals surface area contributed by atoms with E-state index in [1.54, 1.807) is 11.3 Å². The maximum absolute atomic E-state index is 8.91. The molecular weight excluding hydrogens is 180 g/mol. The fraction of sp³-hybridized carbons (Fsp3) is 0.600. The van der Waals surface area contributed by atoms with Gasteiger partial charge in [0.1, 0.15) is 10.9 Å². The molecule has 0 N–H and O–H groups in total. The Balaban J connectivity index is 2.38. The Kier molecular flexibility index (Phi) is 2.09. The molecule has 0 spiro atoms. The molecule has 3 heteroatoms. The zero-order chi connectivity index (χ0) is 9.42. The van der Waals surface area contributed by atoms with E-state index in [1.807, 2.05) is 0 Å². The summed E-state index contributed by atoms with van der Waals surface area (Å²) in [7, 11) is 0. The Bertz CT molecular complexity index is 355. The van der Waals surface area contributed by atoms with Gasteiger partial charge in [-0.25, -0.2) is 4.98 Å². The molecule has 1 fully saturated rings. The van der Waals surface area contributed by atoms with Gasteiger partial charge in [-0.3, -0.25) is 0 Å². The van der Waals surface area contributed by atoms with Crippen LogP contribution in [0.1, 0.15) is 54.1 Å². The summed E-state index contributed by atoms with van der Waals surface area (Å²) < 4.78 is 0. The minimum absolute atomic E-state index is 0.449. The van der Waals surface area contributed by atoms with Gasteiger partial charge < -0.3 is 0 Å². The van der Waals surface area contributed by atoms with Crippen LogP contribution in [-0.4, -0.2) is 4.98 Å². The summed E-state index contributed by atoms with van der Waals surface area (Å²) in [5.74, 6) is 1.04. The predicted octanol–water partition coefficient (Wildman–Crippen LogP) is 3.02. The van der Waals surface area contributed by atoms with Crippen molar-refractivity contribution in [3.8, 4) is 6.07 Å². The molecule has 0 atom stereocenters. The highest BCUT2D eigenvalue weighted by Gasteiger charge is 2.29. The number of nitriles is 1. The molecule has 0 aromatic carbocycles. The Morgan fingerprint density at radius 3 is 2.69 bits per heavy atom. The van der Waals surface area contributed by atoms with Crippen LogP contribution in [0, 0.1) is 11.3 Å². The molecule has 0 aliphatic heterocycles. The van der Waals surface area contributed by atoms with Gasteiger partial charge in [0.15, 0.2) is 0 Å². The molecule has 2 rings (SSSR count). The van der Waals surface area contributed by atoms with Gasteiger partial charge in [0.2, 0.25) is 0 Å². The van der Waals surface area contributed by atoms with Crippen LogP contribution < -0.4 is 0 Å². The van der Waals surface area contributed by atoms with Crippen molar-refractivity contribution >= 4 is 11.3 Å². The van der Waals surface area contributed by atoms with Gasteiger partial charge in [0, 0.05) is 11.8 Å². The normalized spacial score (nSPS) is 16.2. The monoisotopic (exact) mass is 192 g/mol. The Labute approximate surface area is 82.2 Å². The van der Waals surface area contributed by atoms with Crippen molar-refractivity contribution in [2.24, 2.45) is 0 Å². The first kappa shape index (κ1) is 8.71. The molecule has 68 valence electrons. The van der Waals surface area contributed by atoms with Crippen LogP contribution in [0.3, 0.4) is 0 Å². The lowest BCUT2D eigenvalue weighted by Gasteiger charge is -1.95. The highest BCUT2D eigenvalue weighted by atomic mass is 32.1. The molecule has 0 bridgehead atoms. The molecule has 1 aliphatic rings. The van der Waals surface area contributed by atoms with E-state index in [4.69, 9.17) is 5.26 Å². The molecular formula is C10H12N2S. The lowest BCUT2D eigenvalue weighted by atomic mass is 10.2. The number of rotatable bonds is 2. The van der Waals surface area contributed by atoms with E-state index in [9.17, 15) is 0 Å². The van der Waals surface area contributed by atoms with E-state index in [0.29, 0.717) is 11.8 Å². The fourth-order valence-corrected chi connectivity index (χ4v) is 2.26. The summed E-state index contributed by atoms with van der Waals surface area (Å²) in [6.45, 7) is 4.24. The maximum atomic E-state index is 8.91. The Morgan fingerprint density at radius 1 is 1.54 bits per heavy atom. The SMILES string of the molecule is CC(C)c1nc(C2CC2)c(C#N)s1. The van der Waals surface area contributed by atoms with Crippen LogP contribution in [0.15, 0.2) is 0 Å². The van der Waals surface area contributed by atoms with E-state index in [1.165, 1.54) is 12.8 Å². The van der Waals surface area contributed by atoms with E-state index in [-0.39, 0.29) is 0 Å². The van der Waals surface area contributed by atoms with Crippen molar-refractivity contribution < 1.29 is 0 Å². The van der Waals surface area contributed by atoms with Crippen molar-refractivity contribution in [2.75, 3.05) is 0 Å². The molecule has 0 amide bonds. The number of thiazole rings is 1. The summed E-state index contributed by atoms with van der Waals surface area (Å²) in [5.41, 5.74) is 1.07. The van der Waals surface area contributed by atoms with Gasteiger partial charge in [-0.1, -0.05) is 13.8 Å². The van der Waals surface area contributed by atoms with Crippen LogP contribution in [0.2, 0.25) is 0 Å². The van der Waals surface area contributed by atoms with Gasteiger partial charge in [-0.05, 0) is 12.8 Å². The molecule has 2 nitrogen and oxygen atoms in total. The zero-order valence-electron chi connectivity index (χ0n) is 7.87. The maximum Gasteiger partial charge on any atom is 0.128 e. The van der Waals surface area contributed by atoms with Crippen LogP contribution in [0.5, 0.6) is 0 Å². The van der Waals surface area contributed by atoms with E-state index < -0.39 is 0 Å². The second-order valence-corrected chi connectivity index (χ2v) is 4.84. The third kappa shape index (κ3) is 1.59. The summed E-state index contributed by atoms with van der Waals surface area (Å²) in [4.78, 5) is 5.38. The molecule has 1 saturated carbocycles. The molecule has 1 heterocycles. The van der Waals surface area contributed by atoms with Crippen molar-refractivity contribution in [2.45, 2.75) is 38.5 Å². The fourth-order valence-electron chi connectivity index (χ4n) is 1.31. The number of nitrogens with zero attached hydrogens (tertiary/aromatic N) is 2. The van der Waals surface area contributed by atoms with E-state index in [0.717, 1.165) is 15.6 Å². The smallest absolute Gasteiger partial charge is 0.128 e. The zero-order valence-corrected chi connectivity index (χ0v) is 8.69. The highest BCUT2D eigenvalue weighted by molar-refractivity contribution is 7.12. The highest BCUT2D eigenvalue weighted by Crippen LogP contribution is 2.43. The van der Waals surface area contributed by atoms with Gasteiger partial charge in [-0.2, -0.15) is 5.26 Å². The largest absolute Gasteiger partial charge is 0.244 e. The second kappa shape index (κ2) is 3.12. The third-order valence-corrected chi connectivity index (χ3v) is 3.51. The van der Waals surface area contributed by atoms with Gasteiger partial charge >= 0.3 is 0 Å². The summed E-state index contributed by atoms with van der Waals surface area (Å²) in [6, 6.07) is 2.25. The van der Waals surface area contributed by atoms with Gasteiger partial charge in [-0.15, -0.1) is 11.3 Å². The van der Waals surface area contributed by atoms with Crippen molar-refractivity contribution in [3.05, 3.63) is 15.6 Å². The number of hydrogen-bond acceptors (Lipinski definition) is 3. The van der Waals surface area contributed by atoms with Crippen molar-refractivity contribution in [1.82, 2.24) is 4.98 Å². The van der Waals surface area contributed by atoms with Gasteiger partial charge in [0.25, 0.3) is 0 Å². The first-order valence-corrected chi connectivity index (χ1v) is 5.44. The summed E-state index contributed by atoms with van der Waals surface area (Å²) >= 11 is 1.56. The topological polar surface area (TPSA) is 36.7 Å². The molecule has 1 aromatic rings. The minimum Gasteiger partial charge on any atom is -0.244 e. The van der Waals surface area contributed by atoms with Crippen LogP contribution in [0.25, 0.3) is 0 Å². The molecule has 0 radical (unpaired) electrons. The van der Waals surface area contributed by atoms with Crippen molar-refractivity contribution in [1.29, 1.82) is 5.26 Å². The number of aromatic nitrogens is 1. The van der Waals surface area contributed by atoms with Crippen LogP contribution in [-0.2, 0) is 0 Å². The average molecular weight is 192 g/mol. The van der Waals surface area contributed by atoms with Crippen molar-refractivity contribution in [3.63, 3.8) is 0 Å². The Morgan fingerprint density at radius 2 is 2.23 bits per heavy atom. The predicted molar refractivity (Wildman–Crippen MR) is 52.9 cm³/mol. The molecule has 1 aromatic heterocycles. The third-order valence-electron chi connectivity index (χ3n) is 2.23. The minimum atomic E-state index is 0.449. The summed E-state index contributed by atoms with van der Waals surface area (Å²) in [6.07, 6.45) is 2.44. The van der Waals surface area contributed by atoms with E-state index >= 15 is 0 Å². The number of hydrogen-bond donors (Lipinski definition) is 0. The second-order valence-electron chi connectivity index (χ2n) is 3.81. The molecule has 1 aliphatic carbocycles. The molecule has 0 saturated heterocycles. The lowest BCUT2D eigenvalue weighted by molar-refractivity contribution is 0.838. The molecule has 0 unspecified atom stereocenters. The molecule has 13 heavy (non-hydrogen) atoms. The quantitative estimate of drug-likeness (QED) is 0.722. The van der Waals surface area contributed by atoms with Crippen LogP contribution >= 0.6 is 11.3 Å². The first-order valence-electron chi connectivity index (χ1n) is 4.63. The standard InChI is InChI=1S/C10H12N2S/c1-6(2)10-12-9(7-3-4-7)8(5-11)13-10/h6-7H,3-4H2,1-2H3. The lowest BCUT2D eigenvalue weighted by Crippen LogP contribution is -1.87. The van der Waals surface area contributed by atoms with Gasteiger partial charge in [0.05, 0.1) is 10.7 Å². The first-order chi connectivity index (χ1) is 6.22. The Hall–Kier alpha value is -0.880. The summed E-state index contributed by atoms with van der Waals surface area (Å²) in [5, 5.41) is 10.0. The van der Waals surface area contributed by atoms with Crippen LogP contribution in [0.4, 0.5) is 0 Å².